The average molecular weight is 279 g/mol. The molecule has 0 saturated carbocycles. The average Bonchev–Trinajstić information content (AvgIpc) is 2.39. The molecule has 1 heterocycles. The van der Waals surface area contributed by atoms with Crippen LogP contribution in [0.5, 0.6) is 0 Å². The first-order valence-corrected chi connectivity index (χ1v) is 6.25. The number of carbonyl (C=O) groups excluding carboxylic acids is 1. The smallest absolute Gasteiger partial charge is 0.255 e. The highest BCUT2D eigenvalue weighted by atomic mass is 35.5. The first-order valence-electron chi connectivity index (χ1n) is 5.88. The number of alkyl halides is 1. The quantitative estimate of drug-likeness (QED) is 0.727. The van der Waals surface area contributed by atoms with Crippen molar-refractivity contribution in [2.75, 3.05) is 0 Å². The van der Waals surface area contributed by atoms with Crippen molar-refractivity contribution in [1.82, 2.24) is 5.01 Å². The third kappa shape index (κ3) is 3.55. The van der Waals surface area contributed by atoms with Crippen LogP contribution in [0.3, 0.4) is 0 Å². The first-order chi connectivity index (χ1) is 9.06. The van der Waals surface area contributed by atoms with Gasteiger partial charge >= 0.3 is 0 Å². The van der Waals surface area contributed by atoms with E-state index in [0.29, 0.717) is 17.9 Å². The molecule has 0 spiro atoms. The van der Waals surface area contributed by atoms with Crippen LogP contribution in [0.25, 0.3) is 0 Å². The van der Waals surface area contributed by atoms with E-state index >= 15 is 0 Å². The van der Waals surface area contributed by atoms with Gasteiger partial charge in [-0.25, -0.2) is 4.39 Å². The predicted molar refractivity (Wildman–Crippen MR) is 72.4 cm³/mol. The summed E-state index contributed by atoms with van der Waals surface area (Å²) >= 11 is 5.82. The Labute approximate surface area is 116 Å². The number of carbonyl (C=O) groups is 1. The number of halogens is 2. The molecule has 0 bridgehead atoms. The Morgan fingerprint density at radius 3 is 2.68 bits per heavy atom. The van der Waals surface area contributed by atoms with Crippen LogP contribution < -0.4 is 0 Å². The van der Waals surface area contributed by atoms with E-state index in [1.54, 1.807) is 12.1 Å². The van der Waals surface area contributed by atoms with E-state index in [1.165, 1.54) is 6.92 Å². The third-order valence-electron chi connectivity index (χ3n) is 2.58. The lowest BCUT2D eigenvalue weighted by atomic mass is 10.0. The third-order valence-corrected chi connectivity index (χ3v) is 2.83. The summed E-state index contributed by atoms with van der Waals surface area (Å²) in [7, 11) is 0. The fourth-order valence-corrected chi connectivity index (χ4v) is 1.77. The first kappa shape index (κ1) is 13.6. The van der Waals surface area contributed by atoms with Gasteiger partial charge in [-0.1, -0.05) is 23.7 Å². The van der Waals surface area contributed by atoms with Gasteiger partial charge < -0.3 is 0 Å². The molecule has 0 aromatic heterocycles. The second-order valence-electron chi connectivity index (χ2n) is 4.13. The molecule has 98 valence electrons. The van der Waals surface area contributed by atoms with E-state index in [1.807, 2.05) is 12.1 Å². The van der Waals surface area contributed by atoms with Crippen molar-refractivity contribution < 1.29 is 9.18 Å². The maximum absolute atomic E-state index is 12.7. The van der Waals surface area contributed by atoms with Gasteiger partial charge in [0, 0.05) is 23.9 Å². The minimum absolute atomic E-state index is 0.217. The summed E-state index contributed by atoms with van der Waals surface area (Å²) < 4.78 is 12.7. The lowest BCUT2D eigenvalue weighted by Crippen LogP contribution is -2.28. The van der Waals surface area contributed by atoms with Crippen molar-refractivity contribution in [1.29, 1.82) is 0 Å². The number of rotatable bonds is 1. The zero-order chi connectivity index (χ0) is 13.8. The standard InChI is InChI=1S/C14H12ClFN2O/c1-10(16)8-9-18-14(19)7-6-13(17-18)11-2-4-12(15)5-3-11/h2-5,10H,6-7H2,1H3. The fraction of sp³-hybridized carbons (Fsp3) is 0.286. The zero-order valence-electron chi connectivity index (χ0n) is 10.4. The molecule has 1 atom stereocenters. The fourth-order valence-electron chi connectivity index (χ4n) is 1.64. The van der Waals surface area contributed by atoms with Gasteiger partial charge in [0.05, 0.1) is 5.71 Å². The van der Waals surface area contributed by atoms with Crippen LogP contribution in [-0.2, 0) is 4.79 Å². The van der Waals surface area contributed by atoms with Crippen molar-refractivity contribution in [3.8, 4) is 12.0 Å². The summed E-state index contributed by atoms with van der Waals surface area (Å²) in [6, 6.07) is 9.61. The summed E-state index contributed by atoms with van der Waals surface area (Å²) in [5, 5.41) is 5.81. The largest absolute Gasteiger partial charge is 0.272 e. The van der Waals surface area contributed by atoms with Gasteiger partial charge in [0.2, 0.25) is 0 Å². The van der Waals surface area contributed by atoms with Gasteiger partial charge in [-0.3, -0.25) is 4.79 Å². The van der Waals surface area contributed by atoms with Crippen LogP contribution in [-0.4, -0.2) is 22.8 Å². The molecule has 1 amide bonds. The summed E-state index contributed by atoms with van der Waals surface area (Å²) in [5.74, 6) is 2.07. The molecule has 19 heavy (non-hydrogen) atoms. The van der Waals surface area contributed by atoms with Gasteiger partial charge in [0.1, 0.15) is 0 Å². The maximum atomic E-state index is 12.7. The molecule has 0 N–H and O–H groups in total. The number of hydrogen-bond donors (Lipinski definition) is 0. The molecule has 0 radical (unpaired) electrons. The molecule has 5 heteroatoms. The molecule has 0 fully saturated rings. The van der Waals surface area contributed by atoms with E-state index < -0.39 is 6.17 Å². The molecule has 1 aromatic carbocycles. The number of amides is 1. The summed E-state index contributed by atoms with van der Waals surface area (Å²) in [4.78, 5) is 11.6. The van der Waals surface area contributed by atoms with Crippen molar-refractivity contribution in [3.05, 3.63) is 34.9 Å². The van der Waals surface area contributed by atoms with Gasteiger partial charge in [0.25, 0.3) is 5.91 Å². The van der Waals surface area contributed by atoms with Crippen LogP contribution >= 0.6 is 11.6 Å². The number of hydrazone groups is 1. The van der Waals surface area contributed by atoms with Crippen LogP contribution in [0.2, 0.25) is 5.02 Å². The number of benzene rings is 1. The summed E-state index contributed by atoms with van der Waals surface area (Å²) in [5.41, 5.74) is 1.63. The molecule has 2 rings (SSSR count). The molecular weight excluding hydrogens is 267 g/mol. The Morgan fingerprint density at radius 1 is 1.37 bits per heavy atom. The lowest BCUT2D eigenvalue weighted by Gasteiger charge is -2.18. The van der Waals surface area contributed by atoms with Crippen molar-refractivity contribution in [2.45, 2.75) is 25.9 Å². The Hall–Kier alpha value is -1.86. The Kier molecular flexibility index (Phi) is 4.18. The second kappa shape index (κ2) is 5.85. The molecule has 0 saturated heterocycles. The maximum Gasteiger partial charge on any atom is 0.255 e. The van der Waals surface area contributed by atoms with Gasteiger partial charge in [-0.05, 0) is 30.5 Å². The zero-order valence-corrected chi connectivity index (χ0v) is 11.1. The molecule has 1 aliphatic heterocycles. The normalized spacial score (nSPS) is 16.5. The topological polar surface area (TPSA) is 32.7 Å². The minimum atomic E-state index is -1.29. The Balaban J connectivity index is 2.27. The van der Waals surface area contributed by atoms with Gasteiger partial charge in [-0.15, -0.1) is 0 Å². The van der Waals surface area contributed by atoms with Gasteiger partial charge in [0.15, 0.2) is 6.17 Å². The van der Waals surface area contributed by atoms with Crippen LogP contribution in [0.1, 0.15) is 25.3 Å². The highest BCUT2D eigenvalue weighted by molar-refractivity contribution is 6.30. The van der Waals surface area contributed by atoms with E-state index in [-0.39, 0.29) is 5.91 Å². The monoisotopic (exact) mass is 278 g/mol. The molecule has 0 aliphatic carbocycles. The van der Waals surface area contributed by atoms with Crippen LogP contribution in [0.4, 0.5) is 4.39 Å². The van der Waals surface area contributed by atoms with Crippen molar-refractivity contribution in [2.24, 2.45) is 5.10 Å². The van der Waals surface area contributed by atoms with E-state index in [2.05, 4.69) is 17.1 Å². The van der Waals surface area contributed by atoms with Crippen LogP contribution in [0, 0.1) is 12.0 Å². The number of nitrogens with zero attached hydrogens (tertiary/aromatic N) is 2. The predicted octanol–water partition coefficient (Wildman–Crippen LogP) is 2.99. The summed E-state index contributed by atoms with van der Waals surface area (Å²) in [6.07, 6.45) is -0.426. The molecule has 3 nitrogen and oxygen atoms in total. The minimum Gasteiger partial charge on any atom is -0.272 e. The van der Waals surface area contributed by atoms with Gasteiger partial charge in [-0.2, -0.15) is 10.1 Å². The number of hydrogen-bond acceptors (Lipinski definition) is 2. The lowest BCUT2D eigenvalue weighted by molar-refractivity contribution is -0.128. The molecule has 1 unspecified atom stereocenters. The van der Waals surface area contributed by atoms with Crippen molar-refractivity contribution >= 4 is 23.2 Å². The van der Waals surface area contributed by atoms with Crippen molar-refractivity contribution in [3.63, 3.8) is 0 Å². The highest BCUT2D eigenvalue weighted by Crippen LogP contribution is 2.17. The second-order valence-corrected chi connectivity index (χ2v) is 4.57. The van der Waals surface area contributed by atoms with E-state index in [9.17, 15) is 9.18 Å². The summed E-state index contributed by atoms with van der Waals surface area (Å²) in [6.45, 7) is 1.31. The molecule has 1 aliphatic rings. The highest BCUT2D eigenvalue weighted by Gasteiger charge is 2.20. The van der Waals surface area contributed by atoms with E-state index in [4.69, 9.17) is 11.6 Å². The Morgan fingerprint density at radius 2 is 2.05 bits per heavy atom. The SMILES string of the molecule is CC(F)C#CN1N=C(c2ccc(Cl)cc2)CCC1=O. The van der Waals surface area contributed by atoms with E-state index in [0.717, 1.165) is 16.3 Å². The molecule has 1 aromatic rings. The van der Waals surface area contributed by atoms with Crippen LogP contribution in [0.15, 0.2) is 29.4 Å². The Bertz CT molecular complexity index is 569. The molecular formula is C14H12ClFN2O.